The van der Waals surface area contributed by atoms with Gasteiger partial charge >= 0.3 is 0 Å². The Morgan fingerprint density at radius 2 is 1.82 bits per heavy atom. The first-order valence-corrected chi connectivity index (χ1v) is 13.6. The molecule has 0 radical (unpaired) electrons. The Kier molecular flexibility index (Phi) is 6.77. The number of piperazine rings is 1. The quantitative estimate of drug-likeness (QED) is 0.511. The van der Waals surface area contributed by atoms with Crippen molar-refractivity contribution in [1.29, 1.82) is 0 Å². The maximum Gasteiger partial charge on any atom is 0.222 e. The number of rotatable bonds is 7. The van der Waals surface area contributed by atoms with Crippen molar-refractivity contribution in [1.82, 2.24) is 19.5 Å². The van der Waals surface area contributed by atoms with Gasteiger partial charge in [0, 0.05) is 44.2 Å². The molecule has 0 spiro atoms. The summed E-state index contributed by atoms with van der Waals surface area (Å²) in [6, 6.07) is 9.23. The van der Waals surface area contributed by atoms with E-state index in [1.54, 1.807) is 11.3 Å². The average molecular weight is 481 g/mol. The number of hydrogen-bond acceptors (Lipinski definition) is 6. The lowest BCUT2D eigenvalue weighted by Gasteiger charge is -2.34. The Bertz CT molecular complexity index is 1120. The number of benzene rings is 1. The van der Waals surface area contributed by atoms with Crippen molar-refractivity contribution < 1.29 is 4.79 Å². The van der Waals surface area contributed by atoms with E-state index in [1.807, 2.05) is 9.42 Å². The summed E-state index contributed by atoms with van der Waals surface area (Å²) in [5, 5.41) is 9.79. The molecule has 1 aromatic carbocycles. The van der Waals surface area contributed by atoms with Gasteiger partial charge in [0.05, 0.1) is 0 Å². The first-order valence-electron chi connectivity index (χ1n) is 12.8. The Morgan fingerprint density at radius 1 is 1.12 bits per heavy atom. The van der Waals surface area contributed by atoms with Crippen LogP contribution in [0, 0.1) is 5.92 Å². The average Bonchev–Trinajstić information content (AvgIpc) is 3.57. The van der Waals surface area contributed by atoms with Crippen molar-refractivity contribution >= 4 is 33.2 Å². The number of imidazole rings is 1. The zero-order chi connectivity index (χ0) is 23.7. The zero-order valence-electron chi connectivity index (χ0n) is 20.6. The molecule has 8 heteroatoms. The second-order valence-corrected chi connectivity index (χ2v) is 11.0. The molecule has 1 N–H and O–H groups in total. The minimum atomic E-state index is 0.269. The normalized spacial score (nSPS) is 17.3. The van der Waals surface area contributed by atoms with Crippen molar-refractivity contribution in [2.75, 3.05) is 36.4 Å². The van der Waals surface area contributed by atoms with E-state index in [1.165, 1.54) is 31.2 Å². The Balaban J connectivity index is 1.39. The summed E-state index contributed by atoms with van der Waals surface area (Å²) in [5.41, 5.74) is 3.46. The molecule has 7 nitrogen and oxygen atoms in total. The fourth-order valence-corrected chi connectivity index (χ4v) is 5.94. The first kappa shape index (κ1) is 23.1. The smallest absolute Gasteiger partial charge is 0.222 e. The highest BCUT2D eigenvalue weighted by Gasteiger charge is 2.27. The van der Waals surface area contributed by atoms with Crippen molar-refractivity contribution in [2.45, 2.75) is 65.3 Å². The molecule has 1 saturated carbocycles. The van der Waals surface area contributed by atoms with Crippen molar-refractivity contribution in [2.24, 2.45) is 5.92 Å². The lowest BCUT2D eigenvalue weighted by molar-refractivity contribution is -0.132. The minimum absolute atomic E-state index is 0.269. The molecule has 1 amide bonds. The Hall–Kier alpha value is -2.61. The molecule has 0 atom stereocenters. The van der Waals surface area contributed by atoms with E-state index < -0.39 is 0 Å². The number of nitrogens with zero attached hydrogens (tertiary/aromatic N) is 5. The fourth-order valence-electron chi connectivity index (χ4n) is 4.98. The predicted molar refractivity (Wildman–Crippen MR) is 140 cm³/mol. The van der Waals surface area contributed by atoms with Gasteiger partial charge < -0.3 is 15.1 Å². The lowest BCUT2D eigenvalue weighted by atomic mass is 10.1. The van der Waals surface area contributed by atoms with Crippen LogP contribution in [-0.4, -0.2) is 57.6 Å². The summed E-state index contributed by atoms with van der Waals surface area (Å²) in [4.78, 5) is 22.7. The van der Waals surface area contributed by atoms with Crippen LogP contribution >= 0.6 is 11.3 Å². The standard InChI is InChI=1S/C26H36N6OS/c1-4-19-9-11-20(12-10-19)23-24(27-21-7-5-6-8-21)32-25(28-23)34-26(29-32)31-15-13-30(14-16-31)22(33)17-18(2)3/h9-12,18,21,27H,4-8,13-17H2,1-3H3. The van der Waals surface area contributed by atoms with Gasteiger partial charge in [-0.05, 0) is 30.7 Å². The number of aryl methyl sites for hydroxylation is 1. The molecular formula is C26H36N6OS. The molecule has 3 aromatic rings. The number of carbonyl (C=O) groups excluding carboxylic acids is 1. The molecule has 182 valence electrons. The third-order valence-corrected chi connectivity index (χ3v) is 7.98. The van der Waals surface area contributed by atoms with E-state index in [0.717, 1.165) is 59.8 Å². The highest BCUT2D eigenvalue weighted by atomic mass is 32.1. The molecule has 1 saturated heterocycles. The van der Waals surface area contributed by atoms with Crippen molar-refractivity contribution in [3.8, 4) is 11.3 Å². The SMILES string of the molecule is CCc1ccc(-c2nc3sc(N4CCN(C(=O)CC(C)C)CC4)nn3c2NC2CCCC2)cc1. The van der Waals surface area contributed by atoms with Gasteiger partial charge in [0.25, 0.3) is 0 Å². The highest BCUT2D eigenvalue weighted by Crippen LogP contribution is 2.35. The fraction of sp³-hybridized carbons (Fsp3) is 0.577. The summed E-state index contributed by atoms with van der Waals surface area (Å²) in [6.45, 7) is 9.53. The molecule has 34 heavy (non-hydrogen) atoms. The molecule has 5 rings (SSSR count). The van der Waals surface area contributed by atoms with Gasteiger partial charge in [-0.25, -0.2) is 4.98 Å². The summed E-state index contributed by atoms with van der Waals surface area (Å²) in [5.74, 6) is 1.68. The molecule has 2 aromatic heterocycles. The van der Waals surface area contributed by atoms with Gasteiger partial charge in [-0.3, -0.25) is 4.79 Å². The van der Waals surface area contributed by atoms with Crippen molar-refractivity contribution in [3.05, 3.63) is 29.8 Å². The van der Waals surface area contributed by atoms with Gasteiger partial charge in [0.15, 0.2) is 5.82 Å². The van der Waals surface area contributed by atoms with E-state index in [0.29, 0.717) is 18.4 Å². The zero-order valence-corrected chi connectivity index (χ0v) is 21.4. The van der Waals surface area contributed by atoms with Crippen LogP contribution in [0.15, 0.2) is 24.3 Å². The second-order valence-electron chi connectivity index (χ2n) is 10.0. The number of fused-ring (bicyclic) bond motifs is 1. The maximum absolute atomic E-state index is 12.4. The number of hydrogen-bond donors (Lipinski definition) is 1. The molecule has 3 heterocycles. The third-order valence-electron chi connectivity index (χ3n) is 7.01. The number of anilines is 2. The van der Waals surface area contributed by atoms with Crippen LogP contribution < -0.4 is 10.2 Å². The summed E-state index contributed by atoms with van der Waals surface area (Å²) in [7, 11) is 0. The Morgan fingerprint density at radius 3 is 2.47 bits per heavy atom. The van der Waals surface area contributed by atoms with Gasteiger partial charge in [0.2, 0.25) is 16.0 Å². The minimum Gasteiger partial charge on any atom is -0.365 e. The van der Waals surface area contributed by atoms with Gasteiger partial charge in [-0.1, -0.05) is 69.2 Å². The first-order chi connectivity index (χ1) is 16.5. The van der Waals surface area contributed by atoms with E-state index in [2.05, 4.69) is 55.3 Å². The molecule has 1 aliphatic heterocycles. The second kappa shape index (κ2) is 9.94. The largest absolute Gasteiger partial charge is 0.365 e. The van der Waals surface area contributed by atoms with Gasteiger partial charge in [-0.15, -0.1) is 5.10 Å². The topological polar surface area (TPSA) is 65.8 Å². The van der Waals surface area contributed by atoms with Crippen LogP contribution in [0.1, 0.15) is 58.4 Å². The van der Waals surface area contributed by atoms with Gasteiger partial charge in [0.1, 0.15) is 5.69 Å². The lowest BCUT2D eigenvalue weighted by Crippen LogP contribution is -2.49. The van der Waals surface area contributed by atoms with E-state index in [-0.39, 0.29) is 5.91 Å². The van der Waals surface area contributed by atoms with E-state index in [9.17, 15) is 4.79 Å². The van der Waals surface area contributed by atoms with Crippen molar-refractivity contribution in [3.63, 3.8) is 0 Å². The molecule has 1 aliphatic carbocycles. The summed E-state index contributed by atoms with van der Waals surface area (Å²) < 4.78 is 2.01. The molecule has 0 unspecified atom stereocenters. The summed E-state index contributed by atoms with van der Waals surface area (Å²) in [6.07, 6.45) is 6.62. The van der Waals surface area contributed by atoms with Crippen LogP contribution in [0.5, 0.6) is 0 Å². The van der Waals surface area contributed by atoms with Crippen LogP contribution in [0.4, 0.5) is 10.9 Å². The molecular weight excluding hydrogens is 444 g/mol. The predicted octanol–water partition coefficient (Wildman–Crippen LogP) is 5.07. The Labute approximate surface area is 206 Å². The van der Waals surface area contributed by atoms with Crippen LogP contribution in [-0.2, 0) is 11.2 Å². The van der Waals surface area contributed by atoms with Crippen LogP contribution in [0.2, 0.25) is 0 Å². The third kappa shape index (κ3) is 4.78. The number of amides is 1. The highest BCUT2D eigenvalue weighted by molar-refractivity contribution is 7.20. The van der Waals surface area contributed by atoms with Gasteiger partial charge in [-0.2, -0.15) is 4.52 Å². The van der Waals surface area contributed by atoms with E-state index >= 15 is 0 Å². The van der Waals surface area contributed by atoms with Crippen LogP contribution in [0.25, 0.3) is 16.2 Å². The number of carbonyl (C=O) groups is 1. The maximum atomic E-state index is 12.4. The number of aromatic nitrogens is 3. The van der Waals surface area contributed by atoms with Crippen LogP contribution in [0.3, 0.4) is 0 Å². The molecule has 2 fully saturated rings. The summed E-state index contributed by atoms with van der Waals surface area (Å²) >= 11 is 1.64. The molecule has 2 aliphatic rings. The molecule has 0 bridgehead atoms. The number of nitrogens with one attached hydrogen (secondary N) is 1. The monoisotopic (exact) mass is 480 g/mol. The van der Waals surface area contributed by atoms with E-state index in [4.69, 9.17) is 10.1 Å².